The molecule has 1 fully saturated rings. The van der Waals surface area contributed by atoms with E-state index in [9.17, 15) is 9.59 Å². The number of carbonyl (C=O) groups is 1. The second kappa shape index (κ2) is 7.94. The lowest BCUT2D eigenvalue weighted by Gasteiger charge is -2.11. The van der Waals surface area contributed by atoms with Crippen LogP contribution in [0, 0.1) is 0 Å². The van der Waals surface area contributed by atoms with Crippen molar-refractivity contribution in [2.45, 2.75) is 25.5 Å². The van der Waals surface area contributed by atoms with E-state index in [1.807, 2.05) is 24.3 Å². The van der Waals surface area contributed by atoms with Gasteiger partial charge in [0.25, 0.3) is 5.56 Å². The number of methoxy groups -OCH3 is 1. The van der Waals surface area contributed by atoms with Crippen LogP contribution in [0.1, 0.15) is 12.8 Å². The molecule has 1 aromatic carbocycles. The molecule has 7 heteroatoms. The fraction of sp³-hybridized carbons (Fsp3) is 0.389. The van der Waals surface area contributed by atoms with Crippen molar-refractivity contribution in [1.29, 1.82) is 0 Å². The number of nitrogens with one attached hydrogen (secondary N) is 1. The van der Waals surface area contributed by atoms with Gasteiger partial charge < -0.3 is 14.8 Å². The highest BCUT2D eigenvalue weighted by Crippen LogP contribution is 2.19. The number of rotatable bonds is 6. The lowest BCUT2D eigenvalue weighted by Crippen LogP contribution is -2.37. The largest absolute Gasteiger partial charge is 0.497 e. The van der Waals surface area contributed by atoms with Crippen molar-refractivity contribution >= 4 is 5.91 Å². The maximum Gasteiger partial charge on any atom is 0.267 e. The number of benzene rings is 1. The molecule has 1 atom stereocenters. The van der Waals surface area contributed by atoms with Crippen LogP contribution in [-0.4, -0.2) is 42.1 Å². The molecule has 0 spiro atoms. The van der Waals surface area contributed by atoms with Gasteiger partial charge in [-0.2, -0.15) is 5.10 Å². The summed E-state index contributed by atoms with van der Waals surface area (Å²) in [6.07, 6.45) is 2.04. The van der Waals surface area contributed by atoms with Gasteiger partial charge in [-0.3, -0.25) is 9.59 Å². The topological polar surface area (TPSA) is 82.5 Å². The zero-order valence-corrected chi connectivity index (χ0v) is 14.1. The number of amides is 1. The molecular formula is C18H21N3O4. The average molecular weight is 343 g/mol. The van der Waals surface area contributed by atoms with Crippen LogP contribution in [0.2, 0.25) is 0 Å². The van der Waals surface area contributed by atoms with Gasteiger partial charge in [-0.15, -0.1) is 0 Å². The van der Waals surface area contributed by atoms with E-state index in [-0.39, 0.29) is 24.1 Å². The summed E-state index contributed by atoms with van der Waals surface area (Å²) in [6, 6.07) is 10.4. The highest BCUT2D eigenvalue weighted by molar-refractivity contribution is 5.75. The maximum absolute atomic E-state index is 12.1. The summed E-state index contributed by atoms with van der Waals surface area (Å²) < 4.78 is 11.8. The van der Waals surface area contributed by atoms with E-state index >= 15 is 0 Å². The molecule has 1 amide bonds. The van der Waals surface area contributed by atoms with Crippen LogP contribution in [-0.2, 0) is 16.1 Å². The van der Waals surface area contributed by atoms with Gasteiger partial charge in [-0.25, -0.2) is 4.68 Å². The van der Waals surface area contributed by atoms with Gasteiger partial charge in [0.1, 0.15) is 12.3 Å². The minimum Gasteiger partial charge on any atom is -0.497 e. The second-order valence-corrected chi connectivity index (χ2v) is 5.88. The zero-order chi connectivity index (χ0) is 17.6. The predicted octanol–water partition coefficient (Wildman–Crippen LogP) is 1.21. The summed E-state index contributed by atoms with van der Waals surface area (Å²) in [7, 11) is 1.60. The van der Waals surface area contributed by atoms with Crippen molar-refractivity contribution in [1.82, 2.24) is 15.1 Å². The van der Waals surface area contributed by atoms with Crippen LogP contribution in [0.15, 0.2) is 41.2 Å². The van der Waals surface area contributed by atoms with E-state index in [2.05, 4.69) is 10.4 Å². The molecular weight excluding hydrogens is 322 g/mol. The quantitative estimate of drug-likeness (QED) is 0.853. The smallest absolute Gasteiger partial charge is 0.267 e. The van der Waals surface area contributed by atoms with Crippen molar-refractivity contribution in [3.63, 3.8) is 0 Å². The SMILES string of the molecule is COc1ccc(-c2ccc(=O)n(CC(=O)NCC3CCCO3)n2)cc1. The molecule has 0 saturated carbocycles. The second-order valence-electron chi connectivity index (χ2n) is 5.88. The lowest BCUT2D eigenvalue weighted by atomic mass is 10.1. The zero-order valence-electron chi connectivity index (χ0n) is 14.1. The summed E-state index contributed by atoms with van der Waals surface area (Å²) in [6.45, 7) is 1.09. The van der Waals surface area contributed by atoms with E-state index < -0.39 is 0 Å². The van der Waals surface area contributed by atoms with Crippen molar-refractivity contribution in [3.8, 4) is 17.0 Å². The molecule has 7 nitrogen and oxygen atoms in total. The molecule has 1 unspecified atom stereocenters. The van der Waals surface area contributed by atoms with Crippen LogP contribution in [0.3, 0.4) is 0 Å². The fourth-order valence-electron chi connectivity index (χ4n) is 2.70. The van der Waals surface area contributed by atoms with Gasteiger partial charge in [0.05, 0.1) is 18.9 Å². The van der Waals surface area contributed by atoms with Gasteiger partial charge >= 0.3 is 0 Å². The van der Waals surface area contributed by atoms with E-state index in [0.717, 1.165) is 30.8 Å². The summed E-state index contributed by atoms with van der Waals surface area (Å²) in [5, 5.41) is 7.08. The Hall–Kier alpha value is -2.67. The Morgan fingerprint density at radius 1 is 1.32 bits per heavy atom. The minimum atomic E-state index is -0.315. The molecule has 3 rings (SSSR count). The standard InChI is InChI=1S/C18H21N3O4/c1-24-14-6-4-13(5-7-14)16-8-9-18(23)21(20-16)12-17(22)19-11-15-3-2-10-25-15/h4-9,15H,2-3,10-12H2,1H3,(H,19,22). The predicted molar refractivity (Wildman–Crippen MR) is 92.5 cm³/mol. The van der Waals surface area contributed by atoms with Crippen LogP contribution < -0.4 is 15.6 Å². The van der Waals surface area contributed by atoms with Crippen LogP contribution in [0.4, 0.5) is 0 Å². The van der Waals surface area contributed by atoms with Crippen molar-refractivity contribution in [2.24, 2.45) is 0 Å². The third kappa shape index (κ3) is 4.45. The molecule has 1 saturated heterocycles. The van der Waals surface area contributed by atoms with E-state index in [1.54, 1.807) is 13.2 Å². The Balaban J connectivity index is 1.68. The van der Waals surface area contributed by atoms with Gasteiger partial charge in [-0.1, -0.05) is 0 Å². The Labute approximate surface area is 145 Å². The number of carbonyl (C=O) groups excluding carboxylic acids is 1. The molecule has 25 heavy (non-hydrogen) atoms. The number of nitrogens with zero attached hydrogens (tertiary/aromatic N) is 2. The fourth-order valence-corrected chi connectivity index (χ4v) is 2.70. The molecule has 1 aromatic heterocycles. The molecule has 2 aromatic rings. The number of hydrogen-bond donors (Lipinski definition) is 1. The third-order valence-electron chi connectivity index (χ3n) is 4.10. The summed E-state index contributed by atoms with van der Waals surface area (Å²) in [5.74, 6) is 0.488. The number of hydrogen-bond acceptors (Lipinski definition) is 5. The average Bonchev–Trinajstić information content (AvgIpc) is 3.15. The highest BCUT2D eigenvalue weighted by Gasteiger charge is 2.16. The first kappa shape index (κ1) is 17.2. The van der Waals surface area contributed by atoms with E-state index in [4.69, 9.17) is 9.47 Å². The molecule has 1 aliphatic rings. The first-order chi connectivity index (χ1) is 12.2. The number of ether oxygens (including phenoxy) is 2. The molecule has 2 heterocycles. The minimum absolute atomic E-state index is 0.0688. The van der Waals surface area contributed by atoms with Crippen molar-refractivity contribution in [3.05, 3.63) is 46.8 Å². The van der Waals surface area contributed by atoms with Gasteiger partial charge in [-0.05, 0) is 43.2 Å². The van der Waals surface area contributed by atoms with Crippen molar-refractivity contribution in [2.75, 3.05) is 20.3 Å². The van der Waals surface area contributed by atoms with E-state index in [0.29, 0.717) is 12.2 Å². The van der Waals surface area contributed by atoms with Crippen LogP contribution in [0.25, 0.3) is 11.3 Å². The third-order valence-corrected chi connectivity index (χ3v) is 4.10. The Morgan fingerprint density at radius 3 is 2.80 bits per heavy atom. The Kier molecular flexibility index (Phi) is 5.45. The molecule has 0 bridgehead atoms. The summed E-state index contributed by atoms with van der Waals surface area (Å²) >= 11 is 0. The van der Waals surface area contributed by atoms with Gasteiger partial charge in [0.2, 0.25) is 5.91 Å². The van der Waals surface area contributed by atoms with Crippen molar-refractivity contribution < 1.29 is 14.3 Å². The first-order valence-electron chi connectivity index (χ1n) is 8.26. The highest BCUT2D eigenvalue weighted by atomic mass is 16.5. The van der Waals surface area contributed by atoms with Gasteiger partial charge in [0.15, 0.2) is 0 Å². The Morgan fingerprint density at radius 2 is 2.12 bits per heavy atom. The van der Waals surface area contributed by atoms with Crippen LogP contribution >= 0.6 is 0 Å². The lowest BCUT2D eigenvalue weighted by molar-refractivity contribution is -0.122. The molecule has 1 N–H and O–H groups in total. The first-order valence-corrected chi connectivity index (χ1v) is 8.26. The number of aromatic nitrogens is 2. The Bertz CT molecular complexity index is 780. The van der Waals surface area contributed by atoms with Gasteiger partial charge in [0, 0.05) is 24.8 Å². The van der Waals surface area contributed by atoms with Crippen LogP contribution in [0.5, 0.6) is 5.75 Å². The normalized spacial score (nSPS) is 16.6. The molecule has 0 radical (unpaired) electrons. The molecule has 0 aliphatic carbocycles. The summed E-state index contributed by atoms with van der Waals surface area (Å²) in [5.41, 5.74) is 1.15. The molecule has 1 aliphatic heterocycles. The maximum atomic E-state index is 12.1. The van der Waals surface area contributed by atoms with E-state index in [1.165, 1.54) is 10.7 Å². The molecule has 132 valence electrons. The summed E-state index contributed by atoms with van der Waals surface area (Å²) in [4.78, 5) is 24.0. The monoisotopic (exact) mass is 343 g/mol.